The standard InChI is InChI=1S/C23H24N4O3S/c1-14-8-7-9-17(12-14)21-26-25-20(30-21)16(3)31-23-24-19-11-6-5-10-18(19)22(28)27(23)15(2)13-29-4/h5-12,15-16H,13H2,1-4H3/t15-,16+/m1/s1. The van der Waals surface area contributed by atoms with Crippen molar-refractivity contribution < 1.29 is 9.15 Å². The highest BCUT2D eigenvalue weighted by Gasteiger charge is 2.22. The number of para-hydroxylation sites is 1. The Balaban J connectivity index is 1.69. The predicted octanol–water partition coefficient (Wildman–Crippen LogP) is 4.82. The molecule has 0 aliphatic heterocycles. The minimum atomic E-state index is -0.194. The summed E-state index contributed by atoms with van der Waals surface area (Å²) in [6.07, 6.45) is 0. The van der Waals surface area contributed by atoms with Crippen LogP contribution < -0.4 is 5.56 Å². The maximum absolute atomic E-state index is 13.2. The van der Waals surface area contributed by atoms with Gasteiger partial charge in [-0.2, -0.15) is 0 Å². The number of methoxy groups -OCH3 is 1. The molecule has 0 saturated carbocycles. The van der Waals surface area contributed by atoms with Crippen LogP contribution in [-0.2, 0) is 4.74 Å². The van der Waals surface area contributed by atoms with Crippen LogP contribution in [0.25, 0.3) is 22.4 Å². The lowest BCUT2D eigenvalue weighted by molar-refractivity contribution is 0.156. The third-order valence-corrected chi connectivity index (χ3v) is 6.01. The highest BCUT2D eigenvalue weighted by molar-refractivity contribution is 7.99. The molecule has 2 atom stereocenters. The number of rotatable bonds is 7. The minimum absolute atomic E-state index is 0.0872. The molecule has 2 heterocycles. The Kier molecular flexibility index (Phi) is 6.20. The lowest BCUT2D eigenvalue weighted by atomic mass is 10.1. The number of benzene rings is 2. The van der Waals surface area contributed by atoms with Gasteiger partial charge in [0.15, 0.2) is 5.16 Å². The number of hydrogen-bond donors (Lipinski definition) is 0. The molecule has 0 bridgehead atoms. The third-order valence-electron chi connectivity index (χ3n) is 4.96. The van der Waals surface area contributed by atoms with Crippen LogP contribution in [0.15, 0.2) is 62.9 Å². The van der Waals surface area contributed by atoms with Crippen molar-refractivity contribution in [2.24, 2.45) is 0 Å². The van der Waals surface area contributed by atoms with Gasteiger partial charge >= 0.3 is 0 Å². The van der Waals surface area contributed by atoms with E-state index in [1.165, 1.54) is 11.8 Å². The molecule has 8 heteroatoms. The van der Waals surface area contributed by atoms with E-state index in [9.17, 15) is 4.79 Å². The van der Waals surface area contributed by atoms with Crippen molar-refractivity contribution in [2.45, 2.75) is 37.2 Å². The van der Waals surface area contributed by atoms with E-state index in [-0.39, 0.29) is 16.9 Å². The topological polar surface area (TPSA) is 83.0 Å². The fraction of sp³-hybridized carbons (Fsp3) is 0.304. The Bertz CT molecular complexity index is 1270. The molecule has 0 unspecified atom stereocenters. The smallest absolute Gasteiger partial charge is 0.262 e. The maximum Gasteiger partial charge on any atom is 0.262 e. The van der Waals surface area contributed by atoms with Gasteiger partial charge in [0.25, 0.3) is 5.56 Å². The molecule has 0 aliphatic carbocycles. The number of ether oxygens (including phenoxy) is 1. The molecule has 31 heavy (non-hydrogen) atoms. The first-order valence-corrected chi connectivity index (χ1v) is 10.9. The second kappa shape index (κ2) is 9.03. The summed E-state index contributed by atoms with van der Waals surface area (Å²) in [6.45, 7) is 6.33. The van der Waals surface area contributed by atoms with Gasteiger partial charge in [0.05, 0.1) is 28.8 Å². The number of hydrogen-bond acceptors (Lipinski definition) is 7. The van der Waals surface area contributed by atoms with Crippen molar-refractivity contribution in [3.8, 4) is 11.5 Å². The first-order chi connectivity index (χ1) is 15.0. The molecule has 0 spiro atoms. The first-order valence-electron chi connectivity index (χ1n) is 10.0. The third kappa shape index (κ3) is 4.40. The fourth-order valence-electron chi connectivity index (χ4n) is 3.42. The minimum Gasteiger partial charge on any atom is -0.419 e. The molecule has 0 N–H and O–H groups in total. The predicted molar refractivity (Wildman–Crippen MR) is 121 cm³/mol. The van der Waals surface area contributed by atoms with Crippen LogP contribution in [0.4, 0.5) is 0 Å². The first kappa shape index (κ1) is 21.3. The number of aromatic nitrogens is 4. The monoisotopic (exact) mass is 436 g/mol. The Hall–Kier alpha value is -2.97. The van der Waals surface area contributed by atoms with Gasteiger partial charge in [0.2, 0.25) is 11.8 Å². The van der Waals surface area contributed by atoms with E-state index in [4.69, 9.17) is 14.1 Å². The average Bonchev–Trinajstić information content (AvgIpc) is 3.25. The zero-order valence-corrected chi connectivity index (χ0v) is 18.7. The molecule has 4 rings (SSSR count). The highest BCUT2D eigenvalue weighted by Crippen LogP contribution is 2.35. The summed E-state index contributed by atoms with van der Waals surface area (Å²) in [5, 5.41) is 9.43. The van der Waals surface area contributed by atoms with Crippen LogP contribution in [0.5, 0.6) is 0 Å². The molecule has 0 saturated heterocycles. The molecule has 0 aliphatic rings. The van der Waals surface area contributed by atoms with Crippen molar-refractivity contribution in [2.75, 3.05) is 13.7 Å². The van der Waals surface area contributed by atoms with Crippen LogP contribution in [0.2, 0.25) is 0 Å². The molecule has 7 nitrogen and oxygen atoms in total. The number of nitrogens with zero attached hydrogens (tertiary/aromatic N) is 4. The van der Waals surface area contributed by atoms with E-state index in [1.54, 1.807) is 17.7 Å². The number of aryl methyl sites for hydroxylation is 1. The summed E-state index contributed by atoms with van der Waals surface area (Å²) in [7, 11) is 1.62. The summed E-state index contributed by atoms with van der Waals surface area (Å²) in [5.41, 5.74) is 2.58. The zero-order chi connectivity index (χ0) is 22.0. The molecule has 0 amide bonds. The Morgan fingerprint density at radius 1 is 1.13 bits per heavy atom. The summed E-state index contributed by atoms with van der Waals surface area (Å²) in [5.74, 6) is 0.956. The molecule has 2 aromatic carbocycles. The molecule has 0 fully saturated rings. The van der Waals surface area contributed by atoms with E-state index in [2.05, 4.69) is 10.2 Å². The summed E-state index contributed by atoms with van der Waals surface area (Å²) in [6, 6.07) is 15.1. The van der Waals surface area contributed by atoms with Crippen LogP contribution in [0, 0.1) is 6.92 Å². The number of fused-ring (bicyclic) bond motifs is 1. The Morgan fingerprint density at radius 2 is 1.94 bits per heavy atom. The van der Waals surface area contributed by atoms with Crippen LogP contribution in [-0.4, -0.2) is 33.5 Å². The molecular formula is C23H24N4O3S. The second-order valence-electron chi connectivity index (χ2n) is 7.47. The van der Waals surface area contributed by atoms with E-state index in [1.807, 2.05) is 63.2 Å². The van der Waals surface area contributed by atoms with Gasteiger partial charge < -0.3 is 9.15 Å². The molecule has 2 aromatic heterocycles. The summed E-state index contributed by atoms with van der Waals surface area (Å²) < 4.78 is 12.9. The van der Waals surface area contributed by atoms with Gasteiger partial charge in [-0.3, -0.25) is 9.36 Å². The lowest BCUT2D eigenvalue weighted by Crippen LogP contribution is -2.28. The van der Waals surface area contributed by atoms with Gasteiger partial charge in [0.1, 0.15) is 0 Å². The van der Waals surface area contributed by atoms with Gasteiger partial charge in [0, 0.05) is 12.7 Å². The van der Waals surface area contributed by atoms with E-state index < -0.39 is 0 Å². The van der Waals surface area contributed by atoms with Gasteiger partial charge in [-0.25, -0.2) is 4.98 Å². The van der Waals surface area contributed by atoms with Crippen molar-refractivity contribution in [1.82, 2.24) is 19.7 Å². The zero-order valence-electron chi connectivity index (χ0n) is 17.9. The second-order valence-corrected chi connectivity index (χ2v) is 8.77. The number of thioether (sulfide) groups is 1. The summed E-state index contributed by atoms with van der Waals surface area (Å²) in [4.78, 5) is 18.0. The fourth-order valence-corrected chi connectivity index (χ4v) is 4.45. The Morgan fingerprint density at radius 3 is 2.71 bits per heavy atom. The maximum atomic E-state index is 13.2. The van der Waals surface area contributed by atoms with E-state index in [0.29, 0.717) is 34.4 Å². The highest BCUT2D eigenvalue weighted by atomic mass is 32.2. The molecule has 160 valence electrons. The van der Waals surface area contributed by atoms with Crippen molar-refractivity contribution in [1.29, 1.82) is 0 Å². The largest absolute Gasteiger partial charge is 0.419 e. The van der Waals surface area contributed by atoms with Crippen molar-refractivity contribution in [3.05, 3.63) is 70.3 Å². The van der Waals surface area contributed by atoms with Crippen molar-refractivity contribution >= 4 is 22.7 Å². The molecule has 0 radical (unpaired) electrons. The van der Waals surface area contributed by atoms with Crippen molar-refractivity contribution in [3.63, 3.8) is 0 Å². The molecule has 4 aromatic rings. The SMILES string of the molecule is COC[C@@H](C)n1c(S[C@@H](C)c2nnc(-c3cccc(C)c3)o2)nc2ccccc2c1=O. The van der Waals surface area contributed by atoms with Gasteiger partial charge in [-0.1, -0.05) is 41.6 Å². The van der Waals surface area contributed by atoms with Crippen LogP contribution in [0.1, 0.15) is 36.6 Å². The summed E-state index contributed by atoms with van der Waals surface area (Å²) >= 11 is 1.42. The normalized spacial score (nSPS) is 13.4. The quantitative estimate of drug-likeness (QED) is 0.303. The average molecular weight is 437 g/mol. The van der Waals surface area contributed by atoms with E-state index >= 15 is 0 Å². The molecular weight excluding hydrogens is 412 g/mol. The van der Waals surface area contributed by atoms with Crippen LogP contribution in [0.3, 0.4) is 0 Å². The van der Waals surface area contributed by atoms with Crippen LogP contribution >= 0.6 is 11.8 Å². The Labute approximate surface area is 184 Å². The van der Waals surface area contributed by atoms with Gasteiger partial charge in [-0.05, 0) is 45.0 Å². The lowest BCUT2D eigenvalue weighted by Gasteiger charge is -2.19. The van der Waals surface area contributed by atoms with Gasteiger partial charge in [-0.15, -0.1) is 10.2 Å². The van der Waals surface area contributed by atoms with E-state index in [0.717, 1.165) is 11.1 Å².